The number of amides is 1. The van der Waals surface area contributed by atoms with Crippen LogP contribution in [-0.4, -0.2) is 27.2 Å². The fraction of sp³-hybridized carbons (Fsp3) is 0.750. The molecule has 1 amide bonds. The van der Waals surface area contributed by atoms with Crippen LogP contribution >= 0.6 is 11.3 Å². The molecule has 2 aliphatic rings. The highest BCUT2D eigenvalue weighted by Gasteiger charge is 2.36. The van der Waals surface area contributed by atoms with Crippen LogP contribution in [0.3, 0.4) is 0 Å². The predicted octanol–water partition coefficient (Wildman–Crippen LogP) is 3.42. The lowest BCUT2D eigenvalue weighted by Crippen LogP contribution is -2.36. The van der Waals surface area contributed by atoms with E-state index < -0.39 is 17.8 Å². The zero-order chi connectivity index (χ0) is 16.2. The first-order chi connectivity index (χ1) is 11.1. The second-order valence-electron chi connectivity index (χ2n) is 6.61. The van der Waals surface area contributed by atoms with E-state index in [4.69, 9.17) is 0 Å². The second kappa shape index (κ2) is 7.38. The molecular formula is C16H23N3O3S. The zero-order valence-corrected chi connectivity index (χ0v) is 14.0. The minimum Gasteiger partial charge on any atom is -0.481 e. The molecule has 7 heteroatoms. The van der Waals surface area contributed by atoms with Crippen molar-refractivity contribution in [2.75, 3.05) is 5.32 Å². The average molecular weight is 337 g/mol. The molecule has 6 nitrogen and oxygen atoms in total. The van der Waals surface area contributed by atoms with Crippen LogP contribution < -0.4 is 5.32 Å². The van der Waals surface area contributed by atoms with E-state index >= 15 is 0 Å². The van der Waals surface area contributed by atoms with E-state index in [0.29, 0.717) is 23.9 Å². The van der Waals surface area contributed by atoms with Gasteiger partial charge in [-0.2, -0.15) is 0 Å². The molecule has 0 saturated heterocycles. The lowest BCUT2D eigenvalue weighted by Gasteiger charge is -2.26. The number of nitrogens with one attached hydrogen (secondary N) is 1. The first-order valence-corrected chi connectivity index (χ1v) is 9.34. The van der Waals surface area contributed by atoms with Gasteiger partial charge >= 0.3 is 5.97 Å². The molecule has 2 saturated carbocycles. The van der Waals surface area contributed by atoms with Crippen molar-refractivity contribution < 1.29 is 14.7 Å². The van der Waals surface area contributed by atoms with Gasteiger partial charge in [0.1, 0.15) is 5.01 Å². The largest absolute Gasteiger partial charge is 0.481 e. The summed E-state index contributed by atoms with van der Waals surface area (Å²) in [4.78, 5) is 23.8. The van der Waals surface area contributed by atoms with Crippen LogP contribution in [0.4, 0.5) is 5.13 Å². The van der Waals surface area contributed by atoms with Crippen molar-refractivity contribution in [3.05, 3.63) is 5.01 Å². The summed E-state index contributed by atoms with van der Waals surface area (Å²) in [5.74, 6) is -1.65. The molecule has 0 unspecified atom stereocenters. The Morgan fingerprint density at radius 3 is 2.30 bits per heavy atom. The summed E-state index contributed by atoms with van der Waals surface area (Å²) < 4.78 is 0. The number of rotatable bonds is 4. The van der Waals surface area contributed by atoms with Crippen molar-refractivity contribution in [3.63, 3.8) is 0 Å². The molecule has 2 aliphatic carbocycles. The van der Waals surface area contributed by atoms with Gasteiger partial charge in [-0.15, -0.1) is 10.2 Å². The van der Waals surface area contributed by atoms with Gasteiger partial charge in [0.05, 0.1) is 11.8 Å². The van der Waals surface area contributed by atoms with Crippen LogP contribution in [0.2, 0.25) is 0 Å². The molecule has 2 N–H and O–H groups in total. The molecule has 0 spiro atoms. The van der Waals surface area contributed by atoms with E-state index in [9.17, 15) is 14.7 Å². The number of carbonyl (C=O) groups excluding carboxylic acids is 1. The van der Waals surface area contributed by atoms with Crippen molar-refractivity contribution in [2.24, 2.45) is 11.8 Å². The molecule has 126 valence electrons. The SMILES string of the molecule is O=C(O)[C@@H]1CCCC[C@H]1C(=O)Nc1nnc(C2CCCCC2)s1. The van der Waals surface area contributed by atoms with Gasteiger partial charge in [0, 0.05) is 5.92 Å². The van der Waals surface area contributed by atoms with E-state index in [2.05, 4.69) is 15.5 Å². The number of nitrogens with zero attached hydrogens (tertiary/aromatic N) is 2. The van der Waals surface area contributed by atoms with Crippen molar-refractivity contribution in [3.8, 4) is 0 Å². The summed E-state index contributed by atoms with van der Waals surface area (Å²) in [6.07, 6.45) is 9.04. The van der Waals surface area contributed by atoms with Gasteiger partial charge in [-0.1, -0.05) is 43.4 Å². The topological polar surface area (TPSA) is 92.2 Å². The summed E-state index contributed by atoms with van der Waals surface area (Å²) in [5, 5.41) is 21.9. The van der Waals surface area contributed by atoms with Gasteiger partial charge in [-0.3, -0.25) is 9.59 Å². The third-order valence-corrected chi connectivity index (χ3v) is 6.05. The van der Waals surface area contributed by atoms with Crippen molar-refractivity contribution in [1.82, 2.24) is 10.2 Å². The molecule has 2 atom stereocenters. The molecule has 0 aromatic carbocycles. The quantitative estimate of drug-likeness (QED) is 0.878. The third-order valence-electron chi connectivity index (χ3n) is 5.05. The molecule has 0 radical (unpaired) electrons. The van der Waals surface area contributed by atoms with Crippen molar-refractivity contribution >= 4 is 28.3 Å². The lowest BCUT2D eigenvalue weighted by molar-refractivity contribution is -0.147. The average Bonchev–Trinajstić information content (AvgIpc) is 3.04. The van der Waals surface area contributed by atoms with E-state index in [-0.39, 0.29) is 5.91 Å². The maximum atomic E-state index is 12.4. The Balaban J connectivity index is 1.63. The number of anilines is 1. The van der Waals surface area contributed by atoms with Crippen LogP contribution in [-0.2, 0) is 9.59 Å². The van der Waals surface area contributed by atoms with Crippen LogP contribution in [0.5, 0.6) is 0 Å². The third kappa shape index (κ3) is 3.88. The highest BCUT2D eigenvalue weighted by molar-refractivity contribution is 7.15. The number of carbonyl (C=O) groups is 2. The fourth-order valence-electron chi connectivity index (χ4n) is 3.74. The maximum absolute atomic E-state index is 12.4. The highest BCUT2D eigenvalue weighted by atomic mass is 32.1. The van der Waals surface area contributed by atoms with Gasteiger partial charge in [-0.05, 0) is 25.7 Å². The monoisotopic (exact) mass is 337 g/mol. The molecule has 0 bridgehead atoms. The molecule has 1 heterocycles. The van der Waals surface area contributed by atoms with Gasteiger partial charge < -0.3 is 10.4 Å². The summed E-state index contributed by atoms with van der Waals surface area (Å²) >= 11 is 1.44. The summed E-state index contributed by atoms with van der Waals surface area (Å²) in [7, 11) is 0. The number of hydrogen-bond acceptors (Lipinski definition) is 5. The van der Waals surface area contributed by atoms with Crippen LogP contribution in [0.15, 0.2) is 0 Å². The maximum Gasteiger partial charge on any atom is 0.307 e. The smallest absolute Gasteiger partial charge is 0.307 e. The Labute approximate surface area is 139 Å². The Hall–Kier alpha value is -1.50. The number of hydrogen-bond donors (Lipinski definition) is 2. The summed E-state index contributed by atoms with van der Waals surface area (Å²) in [6, 6.07) is 0. The van der Waals surface area contributed by atoms with E-state index in [0.717, 1.165) is 30.7 Å². The van der Waals surface area contributed by atoms with Crippen LogP contribution in [0.1, 0.15) is 68.7 Å². The van der Waals surface area contributed by atoms with E-state index in [1.807, 2.05) is 0 Å². The first-order valence-electron chi connectivity index (χ1n) is 8.52. The van der Waals surface area contributed by atoms with Crippen molar-refractivity contribution in [1.29, 1.82) is 0 Å². The molecule has 1 aromatic heterocycles. The van der Waals surface area contributed by atoms with Gasteiger partial charge in [0.15, 0.2) is 0 Å². The number of carboxylic acid groups (broad SMARTS) is 1. The number of carboxylic acids is 1. The Bertz CT molecular complexity index is 569. The molecular weight excluding hydrogens is 314 g/mol. The Morgan fingerprint density at radius 1 is 0.957 bits per heavy atom. The molecule has 23 heavy (non-hydrogen) atoms. The van der Waals surface area contributed by atoms with E-state index in [1.54, 1.807) is 0 Å². The summed E-state index contributed by atoms with van der Waals surface area (Å²) in [6.45, 7) is 0. The van der Waals surface area contributed by atoms with Gasteiger partial charge in [0.2, 0.25) is 11.0 Å². The molecule has 2 fully saturated rings. The minimum atomic E-state index is -0.870. The predicted molar refractivity (Wildman–Crippen MR) is 87.4 cm³/mol. The first kappa shape index (κ1) is 16.4. The van der Waals surface area contributed by atoms with Gasteiger partial charge in [-0.25, -0.2) is 0 Å². The lowest BCUT2D eigenvalue weighted by atomic mass is 9.79. The van der Waals surface area contributed by atoms with Crippen molar-refractivity contribution in [2.45, 2.75) is 63.7 Å². The standard InChI is InChI=1S/C16H23N3O3S/c20-13(11-8-4-5-9-12(11)15(21)22)17-16-19-18-14(23-16)10-6-2-1-3-7-10/h10-12H,1-9H2,(H,21,22)(H,17,19,20)/t11-,12-/m1/s1. The number of aromatic nitrogens is 2. The van der Waals surface area contributed by atoms with Crippen LogP contribution in [0.25, 0.3) is 0 Å². The normalized spacial score (nSPS) is 25.9. The zero-order valence-electron chi connectivity index (χ0n) is 13.2. The second-order valence-corrected chi connectivity index (χ2v) is 7.61. The molecule has 3 rings (SSSR count). The van der Waals surface area contributed by atoms with Gasteiger partial charge in [0.25, 0.3) is 0 Å². The van der Waals surface area contributed by atoms with E-state index in [1.165, 1.54) is 30.6 Å². The molecule has 0 aliphatic heterocycles. The highest BCUT2D eigenvalue weighted by Crippen LogP contribution is 2.36. The van der Waals surface area contributed by atoms with Crippen LogP contribution in [0, 0.1) is 11.8 Å². The Kier molecular flexibility index (Phi) is 5.25. The summed E-state index contributed by atoms with van der Waals surface area (Å²) in [5.41, 5.74) is 0. The molecule has 1 aromatic rings. The Morgan fingerprint density at radius 2 is 1.61 bits per heavy atom. The minimum absolute atomic E-state index is 0.219. The number of aliphatic carboxylic acids is 1. The fourth-order valence-corrected chi connectivity index (χ4v) is 4.65.